The standard InChI is InChI=1S/C26H52N4O.C8H9ClS.C4H8O2.C2H4/c1-8-13-24(10-3)21-28(7)18-15-22(4)19-29(16-9-2)23(5)20-30-17-12-11-14-25(27-6)26(30)31;1-2-3-4-7-5-6-8(9)10-7;1-4(5)3-6-2;1-2/h22,24-25,27H,5,8-21H2,1-4,6-7H3;3-6H,2H2,1H3;3H2,1-2H3;1-2H2/t22?,24?,25-;;;/m0.../s1. The highest BCUT2D eigenvalue weighted by atomic mass is 35.5. The van der Waals surface area contributed by atoms with Crippen LogP contribution < -0.4 is 5.32 Å². The number of thiophene rings is 1. The van der Waals surface area contributed by atoms with E-state index in [4.69, 9.17) is 11.6 Å². The summed E-state index contributed by atoms with van der Waals surface area (Å²) in [6, 6.07) is 3.91. The van der Waals surface area contributed by atoms with E-state index in [-0.39, 0.29) is 24.3 Å². The van der Waals surface area contributed by atoms with E-state index >= 15 is 0 Å². The molecule has 2 unspecified atom stereocenters. The highest BCUT2D eigenvalue weighted by molar-refractivity contribution is 7.16. The molecule has 1 aliphatic rings. The Morgan fingerprint density at radius 1 is 1.14 bits per heavy atom. The van der Waals surface area contributed by atoms with Gasteiger partial charge in [-0.05, 0) is 103 Å². The van der Waals surface area contributed by atoms with Crippen LogP contribution in [0.15, 0.2) is 43.6 Å². The largest absolute Gasteiger partial charge is 0.377 e. The summed E-state index contributed by atoms with van der Waals surface area (Å²) in [6.45, 7) is 29.4. The zero-order valence-electron chi connectivity index (χ0n) is 32.8. The number of halogens is 1. The van der Waals surface area contributed by atoms with Crippen LogP contribution in [0, 0.1) is 11.8 Å². The summed E-state index contributed by atoms with van der Waals surface area (Å²) in [5.41, 5.74) is 1.10. The first kappa shape index (κ1) is 49.1. The van der Waals surface area contributed by atoms with E-state index in [1.165, 1.54) is 51.1 Å². The van der Waals surface area contributed by atoms with Crippen LogP contribution in [0.4, 0.5) is 0 Å². The number of hydrogen-bond donors (Lipinski definition) is 1. The molecule has 1 amide bonds. The Labute approximate surface area is 311 Å². The van der Waals surface area contributed by atoms with Gasteiger partial charge in [-0.15, -0.1) is 24.5 Å². The van der Waals surface area contributed by atoms with Gasteiger partial charge in [-0.25, -0.2) is 0 Å². The molecule has 7 nitrogen and oxygen atoms in total. The minimum atomic E-state index is -0.0379. The molecule has 0 saturated carbocycles. The maximum atomic E-state index is 12.8. The van der Waals surface area contributed by atoms with Crippen LogP contribution in [0.1, 0.15) is 104 Å². The predicted molar refractivity (Wildman–Crippen MR) is 217 cm³/mol. The molecular formula is C40H73ClN4O3S. The third-order valence-corrected chi connectivity index (χ3v) is 9.48. The normalized spacial score (nSPS) is 15.6. The minimum Gasteiger partial charge on any atom is -0.377 e. The number of methoxy groups -OCH3 is 1. The van der Waals surface area contributed by atoms with Gasteiger partial charge < -0.3 is 24.8 Å². The van der Waals surface area contributed by atoms with E-state index in [0.717, 1.165) is 74.2 Å². The molecule has 1 saturated heterocycles. The van der Waals surface area contributed by atoms with Gasteiger partial charge in [0.05, 0.1) is 16.9 Å². The number of ether oxygens (including phenoxy) is 1. The number of amides is 1. The van der Waals surface area contributed by atoms with Gasteiger partial charge in [-0.1, -0.05) is 71.7 Å². The first-order valence-electron chi connectivity index (χ1n) is 18.4. The second-order valence-corrected chi connectivity index (χ2v) is 14.7. The van der Waals surface area contributed by atoms with Crippen molar-refractivity contribution >= 4 is 40.7 Å². The maximum Gasteiger partial charge on any atom is 0.240 e. The Bertz CT molecular complexity index is 1020. The highest BCUT2D eigenvalue weighted by Gasteiger charge is 2.27. The average molecular weight is 726 g/mol. The molecule has 9 heteroatoms. The molecule has 1 fully saturated rings. The van der Waals surface area contributed by atoms with Crippen molar-refractivity contribution in [2.45, 2.75) is 105 Å². The average Bonchev–Trinajstić information content (AvgIpc) is 3.42. The second-order valence-electron chi connectivity index (χ2n) is 12.9. The summed E-state index contributed by atoms with van der Waals surface area (Å²) in [5.74, 6) is 1.75. The van der Waals surface area contributed by atoms with E-state index < -0.39 is 0 Å². The lowest BCUT2D eigenvalue weighted by Gasteiger charge is -2.33. The number of likely N-dealkylation sites (tertiary alicyclic amines) is 1. The fourth-order valence-corrected chi connectivity index (χ4v) is 6.62. The number of Topliss-reactive ketones (excluding diaryl/α,β-unsaturated/α-hetero) is 1. The zero-order valence-corrected chi connectivity index (χ0v) is 34.4. The van der Waals surface area contributed by atoms with Gasteiger partial charge in [0, 0.05) is 43.9 Å². The van der Waals surface area contributed by atoms with Gasteiger partial charge in [0.1, 0.15) is 6.61 Å². The van der Waals surface area contributed by atoms with E-state index in [0.29, 0.717) is 12.5 Å². The summed E-state index contributed by atoms with van der Waals surface area (Å²) in [7, 11) is 5.67. The molecule has 284 valence electrons. The first-order chi connectivity index (χ1) is 23.4. The third-order valence-electron chi connectivity index (χ3n) is 8.28. The molecule has 0 bridgehead atoms. The van der Waals surface area contributed by atoms with Crippen molar-refractivity contribution in [3.8, 4) is 0 Å². The van der Waals surface area contributed by atoms with E-state index in [9.17, 15) is 9.59 Å². The highest BCUT2D eigenvalue weighted by Crippen LogP contribution is 2.22. The van der Waals surface area contributed by atoms with Crippen LogP contribution in [0.2, 0.25) is 4.34 Å². The molecule has 0 aliphatic carbocycles. The summed E-state index contributed by atoms with van der Waals surface area (Å²) < 4.78 is 5.31. The number of rotatable bonds is 20. The van der Waals surface area contributed by atoms with E-state index in [2.05, 4.69) is 93.4 Å². The number of carbonyl (C=O) groups is 2. The Hall–Kier alpha value is -1.97. The number of likely N-dealkylation sites (N-methyl/N-ethyl adjacent to an activating group) is 1. The smallest absolute Gasteiger partial charge is 0.240 e. The molecule has 3 atom stereocenters. The van der Waals surface area contributed by atoms with Crippen LogP contribution in [0.25, 0.3) is 6.08 Å². The Morgan fingerprint density at radius 2 is 1.84 bits per heavy atom. The van der Waals surface area contributed by atoms with Crippen LogP contribution >= 0.6 is 22.9 Å². The quantitative estimate of drug-likeness (QED) is 0.135. The molecule has 49 heavy (non-hydrogen) atoms. The molecule has 2 heterocycles. The van der Waals surface area contributed by atoms with Crippen molar-refractivity contribution < 1.29 is 14.3 Å². The Kier molecular flexibility index (Phi) is 32.1. The molecule has 1 aromatic heterocycles. The first-order valence-corrected chi connectivity index (χ1v) is 19.6. The number of ketones is 1. The summed E-state index contributed by atoms with van der Waals surface area (Å²) >= 11 is 7.33. The lowest BCUT2D eigenvalue weighted by atomic mass is 10.00. The molecule has 0 aromatic carbocycles. The van der Waals surface area contributed by atoms with E-state index in [1.54, 1.807) is 11.3 Å². The van der Waals surface area contributed by atoms with E-state index in [1.807, 2.05) is 24.1 Å². The number of allylic oxidation sites excluding steroid dienone is 1. The van der Waals surface area contributed by atoms with Crippen molar-refractivity contribution in [1.82, 2.24) is 20.0 Å². The molecular weight excluding hydrogens is 652 g/mol. The number of nitrogens with zero attached hydrogens (tertiary/aromatic N) is 3. The van der Waals surface area contributed by atoms with Crippen molar-refractivity contribution in [3.63, 3.8) is 0 Å². The van der Waals surface area contributed by atoms with Gasteiger partial charge in [0.2, 0.25) is 5.91 Å². The lowest BCUT2D eigenvalue weighted by molar-refractivity contribution is -0.132. The maximum absolute atomic E-state index is 12.8. The van der Waals surface area contributed by atoms with Crippen LogP contribution in [0.3, 0.4) is 0 Å². The minimum absolute atomic E-state index is 0.0379. The molecule has 2 rings (SSSR count). The van der Waals surface area contributed by atoms with Crippen molar-refractivity contribution in [3.05, 3.63) is 52.9 Å². The summed E-state index contributed by atoms with van der Waals surface area (Å²) in [5, 5.41) is 3.20. The van der Waals surface area contributed by atoms with Gasteiger partial charge in [0.25, 0.3) is 0 Å². The molecule has 0 radical (unpaired) electrons. The van der Waals surface area contributed by atoms with Crippen molar-refractivity contribution in [1.29, 1.82) is 0 Å². The summed E-state index contributed by atoms with van der Waals surface area (Å²) in [6.07, 6.45) is 14.7. The molecule has 0 spiro atoms. The van der Waals surface area contributed by atoms with Crippen LogP contribution in [-0.4, -0.2) is 99.5 Å². The zero-order chi connectivity index (χ0) is 37.6. The van der Waals surface area contributed by atoms with Crippen molar-refractivity contribution in [2.75, 3.05) is 67.1 Å². The molecule has 1 aliphatic heterocycles. The lowest BCUT2D eigenvalue weighted by Crippen LogP contribution is -2.46. The van der Waals surface area contributed by atoms with Gasteiger partial charge in [-0.2, -0.15) is 0 Å². The summed E-state index contributed by atoms with van der Waals surface area (Å²) in [4.78, 5) is 31.0. The fourth-order valence-electron chi connectivity index (χ4n) is 5.63. The fraction of sp³-hybridized carbons (Fsp3) is 0.700. The van der Waals surface area contributed by atoms with Crippen LogP contribution in [0.5, 0.6) is 0 Å². The Balaban J connectivity index is 0. The molecule has 1 aromatic rings. The SMILES string of the molecule is C=C.C=C(CN1CCCC[C@H](NC)C1=O)N(CCC)CC(C)CCN(C)CC(CC)CCC.CCC=Cc1ccc(Cl)s1.COCC(C)=O. The number of hydrogen-bond acceptors (Lipinski definition) is 7. The second kappa shape index (κ2) is 32.0. The Morgan fingerprint density at radius 3 is 2.33 bits per heavy atom. The molecule has 1 N–H and O–H groups in total. The monoisotopic (exact) mass is 725 g/mol. The number of carbonyl (C=O) groups excluding carboxylic acids is 2. The van der Waals surface area contributed by atoms with Gasteiger partial charge in [-0.3, -0.25) is 9.59 Å². The van der Waals surface area contributed by atoms with Crippen LogP contribution in [-0.2, 0) is 14.3 Å². The van der Waals surface area contributed by atoms with Gasteiger partial charge in [0.15, 0.2) is 5.78 Å². The van der Waals surface area contributed by atoms with Crippen molar-refractivity contribution in [2.24, 2.45) is 11.8 Å². The predicted octanol–water partition coefficient (Wildman–Crippen LogP) is 9.45. The topological polar surface area (TPSA) is 65.1 Å². The number of nitrogens with one attached hydrogen (secondary N) is 1. The van der Waals surface area contributed by atoms with Gasteiger partial charge >= 0.3 is 0 Å². The third kappa shape index (κ3) is 24.8.